The Morgan fingerprint density at radius 1 is 1.50 bits per heavy atom. The SMILES string of the molecule is C=CCCCN(C)C(=NCC)NC1CC1c1ccccc1F. The van der Waals surface area contributed by atoms with E-state index in [1.807, 2.05) is 32.2 Å². The Labute approximate surface area is 132 Å². The topological polar surface area (TPSA) is 27.6 Å². The molecule has 0 spiro atoms. The Balaban J connectivity index is 1.92. The van der Waals surface area contributed by atoms with Crippen molar-refractivity contribution in [3.05, 3.63) is 48.3 Å². The minimum absolute atomic E-state index is 0.106. The number of unbranched alkanes of at least 4 members (excludes halogenated alkanes) is 1. The van der Waals surface area contributed by atoms with E-state index in [0.717, 1.165) is 43.9 Å². The number of rotatable bonds is 7. The zero-order valence-corrected chi connectivity index (χ0v) is 13.6. The summed E-state index contributed by atoms with van der Waals surface area (Å²) in [5.41, 5.74) is 0.810. The van der Waals surface area contributed by atoms with Crippen LogP contribution in [0.1, 0.15) is 37.7 Å². The van der Waals surface area contributed by atoms with Crippen molar-refractivity contribution in [2.45, 2.75) is 38.1 Å². The molecule has 0 amide bonds. The molecule has 2 atom stereocenters. The number of nitrogens with zero attached hydrogens (tertiary/aromatic N) is 2. The number of nitrogens with one attached hydrogen (secondary N) is 1. The standard InChI is InChI=1S/C18H26FN3/c1-4-6-9-12-22(3)18(20-5-2)21-17-13-15(17)14-10-7-8-11-16(14)19/h4,7-8,10-11,15,17H,1,5-6,9,12-13H2,2-3H3,(H,20,21). The van der Waals surface area contributed by atoms with Gasteiger partial charge < -0.3 is 10.2 Å². The van der Waals surface area contributed by atoms with Crippen LogP contribution in [0.3, 0.4) is 0 Å². The Morgan fingerprint density at radius 2 is 2.27 bits per heavy atom. The van der Waals surface area contributed by atoms with E-state index in [4.69, 9.17) is 0 Å². The van der Waals surface area contributed by atoms with E-state index in [1.165, 1.54) is 6.07 Å². The van der Waals surface area contributed by atoms with Gasteiger partial charge in [-0.05, 0) is 37.8 Å². The highest BCUT2D eigenvalue weighted by Gasteiger charge is 2.40. The highest BCUT2D eigenvalue weighted by Crippen LogP contribution is 2.41. The monoisotopic (exact) mass is 303 g/mol. The third-order valence-electron chi connectivity index (χ3n) is 3.98. The Hall–Kier alpha value is -1.84. The van der Waals surface area contributed by atoms with Crippen LogP contribution in [-0.2, 0) is 0 Å². The van der Waals surface area contributed by atoms with Crippen LogP contribution in [0, 0.1) is 5.82 Å². The van der Waals surface area contributed by atoms with Gasteiger partial charge >= 0.3 is 0 Å². The van der Waals surface area contributed by atoms with E-state index in [0.29, 0.717) is 0 Å². The second-order valence-corrected chi connectivity index (χ2v) is 5.76. The van der Waals surface area contributed by atoms with Gasteiger partial charge in [0.25, 0.3) is 0 Å². The van der Waals surface area contributed by atoms with Crippen molar-refractivity contribution in [3.63, 3.8) is 0 Å². The first-order chi connectivity index (χ1) is 10.7. The summed E-state index contributed by atoms with van der Waals surface area (Å²) in [4.78, 5) is 6.69. The molecule has 1 aliphatic rings. The van der Waals surface area contributed by atoms with Crippen LogP contribution in [0.5, 0.6) is 0 Å². The van der Waals surface area contributed by atoms with E-state index < -0.39 is 0 Å². The number of guanidine groups is 1. The van der Waals surface area contributed by atoms with E-state index >= 15 is 0 Å². The maximum atomic E-state index is 13.8. The van der Waals surface area contributed by atoms with E-state index in [2.05, 4.69) is 21.8 Å². The third kappa shape index (κ3) is 4.33. The molecule has 2 unspecified atom stereocenters. The molecule has 0 heterocycles. The molecule has 1 saturated carbocycles. The fourth-order valence-electron chi connectivity index (χ4n) is 2.64. The van der Waals surface area contributed by atoms with Crippen molar-refractivity contribution in [2.24, 2.45) is 4.99 Å². The molecule has 0 bridgehead atoms. The van der Waals surface area contributed by atoms with Crippen LogP contribution in [0.15, 0.2) is 41.9 Å². The van der Waals surface area contributed by atoms with E-state index in [1.54, 1.807) is 6.07 Å². The number of hydrogen-bond donors (Lipinski definition) is 1. The molecular weight excluding hydrogens is 277 g/mol. The van der Waals surface area contributed by atoms with Crippen molar-refractivity contribution in [2.75, 3.05) is 20.1 Å². The van der Waals surface area contributed by atoms with Crippen molar-refractivity contribution in [3.8, 4) is 0 Å². The van der Waals surface area contributed by atoms with Crippen molar-refractivity contribution >= 4 is 5.96 Å². The molecule has 2 rings (SSSR count). The Morgan fingerprint density at radius 3 is 2.95 bits per heavy atom. The second-order valence-electron chi connectivity index (χ2n) is 5.76. The summed E-state index contributed by atoms with van der Waals surface area (Å²) in [6, 6.07) is 7.33. The van der Waals surface area contributed by atoms with Gasteiger partial charge in [0.1, 0.15) is 5.82 Å². The van der Waals surface area contributed by atoms with Gasteiger partial charge in [0.15, 0.2) is 5.96 Å². The predicted octanol–water partition coefficient (Wildman–Crippen LogP) is 3.55. The number of halogens is 1. The lowest BCUT2D eigenvalue weighted by Crippen LogP contribution is -2.41. The fourth-order valence-corrected chi connectivity index (χ4v) is 2.64. The molecule has 22 heavy (non-hydrogen) atoms. The lowest BCUT2D eigenvalue weighted by molar-refractivity contribution is 0.467. The average molecular weight is 303 g/mol. The molecule has 0 aliphatic heterocycles. The van der Waals surface area contributed by atoms with Gasteiger partial charge in [-0.2, -0.15) is 0 Å². The van der Waals surface area contributed by atoms with E-state index in [-0.39, 0.29) is 17.8 Å². The van der Waals surface area contributed by atoms with Crippen molar-refractivity contribution < 1.29 is 4.39 Å². The highest BCUT2D eigenvalue weighted by molar-refractivity contribution is 5.80. The highest BCUT2D eigenvalue weighted by atomic mass is 19.1. The summed E-state index contributed by atoms with van der Waals surface area (Å²) in [7, 11) is 2.05. The van der Waals surface area contributed by atoms with Crippen molar-refractivity contribution in [1.82, 2.24) is 10.2 Å². The largest absolute Gasteiger partial charge is 0.353 e. The van der Waals surface area contributed by atoms with Crippen molar-refractivity contribution in [1.29, 1.82) is 0 Å². The number of allylic oxidation sites excluding steroid dienone is 1. The summed E-state index contributed by atoms with van der Waals surface area (Å²) in [6.45, 7) is 7.46. The molecule has 1 aromatic carbocycles. The summed E-state index contributed by atoms with van der Waals surface area (Å²) in [5.74, 6) is 1.06. The van der Waals surface area contributed by atoms with Gasteiger partial charge in [0, 0.05) is 32.1 Å². The minimum Gasteiger partial charge on any atom is -0.353 e. The van der Waals surface area contributed by atoms with Crippen LogP contribution in [0.4, 0.5) is 4.39 Å². The van der Waals surface area contributed by atoms with E-state index in [9.17, 15) is 4.39 Å². The third-order valence-corrected chi connectivity index (χ3v) is 3.98. The predicted molar refractivity (Wildman–Crippen MR) is 90.7 cm³/mol. The maximum Gasteiger partial charge on any atom is 0.193 e. The van der Waals surface area contributed by atoms with Gasteiger partial charge in [-0.3, -0.25) is 4.99 Å². The van der Waals surface area contributed by atoms with Gasteiger partial charge in [-0.25, -0.2) is 4.39 Å². The normalized spacial score (nSPS) is 20.6. The lowest BCUT2D eigenvalue weighted by atomic mass is 10.1. The molecule has 1 aromatic rings. The fraction of sp³-hybridized carbons (Fsp3) is 0.500. The van der Waals surface area contributed by atoms with Crippen LogP contribution in [-0.4, -0.2) is 37.0 Å². The summed E-state index contributed by atoms with van der Waals surface area (Å²) in [6.07, 6.45) is 4.97. The zero-order valence-electron chi connectivity index (χ0n) is 13.6. The molecule has 0 saturated heterocycles. The van der Waals surface area contributed by atoms with Crippen LogP contribution >= 0.6 is 0 Å². The lowest BCUT2D eigenvalue weighted by Gasteiger charge is -2.22. The van der Waals surface area contributed by atoms with Gasteiger partial charge in [0.2, 0.25) is 0 Å². The number of aliphatic imine (C=N–C) groups is 1. The Bertz CT molecular complexity index is 527. The average Bonchev–Trinajstić information content (AvgIpc) is 3.26. The first-order valence-corrected chi connectivity index (χ1v) is 8.04. The molecular formula is C18H26FN3. The first kappa shape index (κ1) is 16.5. The smallest absolute Gasteiger partial charge is 0.193 e. The van der Waals surface area contributed by atoms with Crippen LogP contribution in [0.2, 0.25) is 0 Å². The maximum absolute atomic E-state index is 13.8. The summed E-state index contributed by atoms with van der Waals surface area (Å²) >= 11 is 0. The molecule has 4 heteroatoms. The van der Waals surface area contributed by atoms with Gasteiger partial charge in [-0.1, -0.05) is 24.3 Å². The molecule has 1 aliphatic carbocycles. The number of benzene rings is 1. The first-order valence-electron chi connectivity index (χ1n) is 8.04. The molecule has 1 fully saturated rings. The molecule has 0 radical (unpaired) electrons. The molecule has 0 aromatic heterocycles. The van der Waals surface area contributed by atoms with Crippen LogP contribution in [0.25, 0.3) is 0 Å². The zero-order chi connectivity index (χ0) is 15.9. The minimum atomic E-state index is -0.106. The quantitative estimate of drug-likeness (QED) is 0.361. The molecule has 1 N–H and O–H groups in total. The number of hydrogen-bond acceptors (Lipinski definition) is 1. The summed E-state index contributed by atoms with van der Waals surface area (Å²) in [5, 5.41) is 3.48. The summed E-state index contributed by atoms with van der Waals surface area (Å²) < 4.78 is 13.8. The van der Waals surface area contributed by atoms with Gasteiger partial charge in [0.05, 0.1) is 0 Å². The molecule has 3 nitrogen and oxygen atoms in total. The Kier molecular flexibility index (Phi) is 5.99. The second kappa shape index (κ2) is 7.97. The van der Waals surface area contributed by atoms with Crippen LogP contribution < -0.4 is 5.32 Å². The molecule has 120 valence electrons. The van der Waals surface area contributed by atoms with Gasteiger partial charge in [-0.15, -0.1) is 6.58 Å².